The van der Waals surface area contributed by atoms with Crippen molar-refractivity contribution >= 4 is 38.2 Å². The summed E-state index contributed by atoms with van der Waals surface area (Å²) < 4.78 is 41.5. The number of sulfonamides is 1. The molecule has 2 aliphatic heterocycles. The van der Waals surface area contributed by atoms with Gasteiger partial charge in [-0.05, 0) is 24.8 Å². The van der Waals surface area contributed by atoms with Crippen LogP contribution in [0.5, 0.6) is 5.75 Å². The van der Waals surface area contributed by atoms with Crippen LogP contribution in [0, 0.1) is 11.7 Å². The third-order valence-electron chi connectivity index (χ3n) is 5.19. The zero-order valence-electron chi connectivity index (χ0n) is 15.9. The van der Waals surface area contributed by atoms with Gasteiger partial charge >= 0.3 is 0 Å². The van der Waals surface area contributed by atoms with Crippen LogP contribution in [0.15, 0.2) is 22.3 Å². The number of phenols is 1. The number of nitrogens with one attached hydrogen (secondary N) is 1. The number of benzene rings is 1. The van der Waals surface area contributed by atoms with Crippen LogP contribution in [0.2, 0.25) is 0 Å². The molecule has 0 fully saturated rings. The summed E-state index contributed by atoms with van der Waals surface area (Å²) in [4.78, 5) is 24.9. The minimum Gasteiger partial charge on any atom is -0.505 e. The molecule has 0 radical (unpaired) electrons. The molecule has 10 heteroatoms. The van der Waals surface area contributed by atoms with Crippen LogP contribution >= 0.6 is 0 Å². The summed E-state index contributed by atoms with van der Waals surface area (Å²) >= 11 is 0. The SMILES string of the molecule is CC(C)CCNc1cc2c(F)c(N3C(=O)C=CS3(=O)=O)c(O)c3c2n(c1=O)CC3. The molecule has 0 bridgehead atoms. The fourth-order valence-electron chi connectivity index (χ4n) is 3.76. The molecule has 2 aliphatic rings. The number of hydrogen-bond donors (Lipinski definition) is 2. The zero-order chi connectivity index (χ0) is 21.1. The van der Waals surface area contributed by atoms with Gasteiger partial charge in [-0.3, -0.25) is 9.59 Å². The lowest BCUT2D eigenvalue weighted by Crippen LogP contribution is -2.31. The number of amides is 1. The van der Waals surface area contributed by atoms with E-state index in [9.17, 15) is 23.1 Å². The van der Waals surface area contributed by atoms with Crippen molar-refractivity contribution in [3.63, 3.8) is 0 Å². The van der Waals surface area contributed by atoms with E-state index in [4.69, 9.17) is 0 Å². The number of nitrogens with zero attached hydrogens (tertiary/aromatic N) is 2. The van der Waals surface area contributed by atoms with E-state index < -0.39 is 33.2 Å². The highest BCUT2D eigenvalue weighted by atomic mass is 32.2. The van der Waals surface area contributed by atoms with E-state index in [2.05, 4.69) is 5.32 Å². The Bertz CT molecular complexity index is 1250. The highest BCUT2D eigenvalue weighted by Crippen LogP contribution is 2.44. The largest absolute Gasteiger partial charge is 0.505 e. The van der Waals surface area contributed by atoms with E-state index in [1.54, 1.807) is 0 Å². The molecule has 1 aromatic carbocycles. The molecule has 0 spiro atoms. The van der Waals surface area contributed by atoms with E-state index in [0.717, 1.165) is 12.5 Å². The summed E-state index contributed by atoms with van der Waals surface area (Å²) in [5.74, 6) is -2.26. The lowest BCUT2D eigenvalue weighted by molar-refractivity contribution is -0.112. The van der Waals surface area contributed by atoms with Crippen LogP contribution in [0.25, 0.3) is 10.9 Å². The van der Waals surface area contributed by atoms with Gasteiger partial charge in [0.2, 0.25) is 0 Å². The van der Waals surface area contributed by atoms with Crippen molar-refractivity contribution < 1.29 is 22.7 Å². The Balaban J connectivity index is 1.95. The first-order chi connectivity index (χ1) is 13.6. The minimum absolute atomic E-state index is 0.0214. The lowest BCUT2D eigenvalue weighted by atomic mass is 10.0. The predicted octanol–water partition coefficient (Wildman–Crippen LogP) is 2.05. The maximum absolute atomic E-state index is 15.5. The summed E-state index contributed by atoms with van der Waals surface area (Å²) in [7, 11) is -4.23. The number of halogens is 1. The first kappa shape index (κ1) is 19.4. The van der Waals surface area contributed by atoms with Crippen molar-refractivity contribution in [3.05, 3.63) is 39.3 Å². The van der Waals surface area contributed by atoms with Crippen LogP contribution in [-0.4, -0.2) is 30.5 Å². The Labute approximate surface area is 166 Å². The Morgan fingerprint density at radius 3 is 2.66 bits per heavy atom. The number of anilines is 2. The van der Waals surface area contributed by atoms with Crippen molar-refractivity contribution in [3.8, 4) is 5.75 Å². The number of aromatic hydroxyl groups is 1. The first-order valence-corrected chi connectivity index (χ1v) is 10.8. The van der Waals surface area contributed by atoms with Crippen molar-refractivity contribution in [1.82, 2.24) is 4.57 Å². The molecule has 0 atom stereocenters. The van der Waals surface area contributed by atoms with Gasteiger partial charge in [0.05, 0.1) is 10.9 Å². The second-order valence-electron chi connectivity index (χ2n) is 7.58. The highest BCUT2D eigenvalue weighted by molar-refractivity contribution is 7.97. The molecule has 4 rings (SSSR count). The van der Waals surface area contributed by atoms with Crippen molar-refractivity contribution in [2.45, 2.75) is 33.2 Å². The van der Waals surface area contributed by atoms with E-state index in [1.165, 1.54) is 10.6 Å². The molecule has 2 N–H and O–H groups in total. The number of aromatic nitrogens is 1. The summed E-state index contributed by atoms with van der Waals surface area (Å²) in [5.41, 5.74) is -0.381. The average molecular weight is 421 g/mol. The normalized spacial score (nSPS) is 17.1. The number of carbonyl (C=O) groups is 1. The van der Waals surface area contributed by atoms with Crippen molar-refractivity contribution in [2.24, 2.45) is 5.92 Å². The third kappa shape index (κ3) is 2.89. The molecule has 29 heavy (non-hydrogen) atoms. The van der Waals surface area contributed by atoms with E-state index in [-0.39, 0.29) is 45.0 Å². The Kier molecular flexibility index (Phi) is 4.41. The first-order valence-electron chi connectivity index (χ1n) is 9.25. The Morgan fingerprint density at radius 1 is 1.31 bits per heavy atom. The second-order valence-corrected chi connectivity index (χ2v) is 9.24. The molecule has 2 aromatic rings. The van der Waals surface area contributed by atoms with E-state index in [0.29, 0.717) is 17.9 Å². The van der Waals surface area contributed by atoms with Gasteiger partial charge in [-0.15, -0.1) is 0 Å². The molecule has 0 saturated carbocycles. The van der Waals surface area contributed by atoms with Crippen molar-refractivity contribution in [2.75, 3.05) is 16.2 Å². The van der Waals surface area contributed by atoms with Gasteiger partial charge in [0.15, 0.2) is 5.82 Å². The van der Waals surface area contributed by atoms with Gasteiger partial charge in [0.25, 0.3) is 21.5 Å². The van der Waals surface area contributed by atoms with Crippen molar-refractivity contribution in [1.29, 1.82) is 0 Å². The number of carbonyl (C=O) groups excluding carboxylic acids is 1. The quantitative estimate of drug-likeness (QED) is 0.765. The standard InChI is InChI=1S/C19H20FN3O5S/c1-10(2)3-6-21-13-9-12-15(20)17(23-14(24)5-8-29(23,27)28)18(25)11-4-7-22(16(11)12)19(13)26/h5,8-10,21,25H,3-4,6-7H2,1-2H3. The van der Waals surface area contributed by atoms with Crippen LogP contribution in [0.3, 0.4) is 0 Å². The number of hydrogen-bond acceptors (Lipinski definition) is 6. The smallest absolute Gasteiger partial charge is 0.274 e. The van der Waals surface area contributed by atoms with E-state index >= 15 is 4.39 Å². The second kappa shape index (κ2) is 6.58. The molecule has 154 valence electrons. The molecule has 0 unspecified atom stereocenters. The number of rotatable bonds is 5. The van der Waals surface area contributed by atoms with Crippen LogP contribution in [0.4, 0.5) is 15.8 Å². The average Bonchev–Trinajstić information content (AvgIpc) is 3.19. The van der Waals surface area contributed by atoms with Gasteiger partial charge in [-0.2, -0.15) is 4.31 Å². The molecule has 0 saturated heterocycles. The Morgan fingerprint density at radius 2 is 2.03 bits per heavy atom. The third-order valence-corrected chi connectivity index (χ3v) is 6.54. The van der Waals surface area contributed by atoms with Gasteiger partial charge in [0.1, 0.15) is 17.1 Å². The molecule has 0 aliphatic carbocycles. The maximum Gasteiger partial charge on any atom is 0.274 e. The lowest BCUT2D eigenvalue weighted by Gasteiger charge is -2.20. The molecular formula is C19H20FN3O5S. The number of pyridine rings is 1. The maximum atomic E-state index is 15.5. The van der Waals surface area contributed by atoms with Gasteiger partial charge in [0, 0.05) is 30.1 Å². The van der Waals surface area contributed by atoms with Crippen LogP contribution in [0.1, 0.15) is 25.8 Å². The Hall–Kier alpha value is -2.88. The number of phenolic OH excluding ortho intramolecular Hbond substituents is 1. The topological polar surface area (TPSA) is 109 Å². The summed E-state index contributed by atoms with van der Waals surface area (Å²) in [6, 6.07) is 1.32. The van der Waals surface area contributed by atoms with Gasteiger partial charge < -0.3 is 15.0 Å². The predicted molar refractivity (Wildman–Crippen MR) is 107 cm³/mol. The minimum atomic E-state index is -4.23. The molecule has 1 amide bonds. The summed E-state index contributed by atoms with van der Waals surface area (Å²) in [6.07, 6.45) is 1.82. The van der Waals surface area contributed by atoms with Crippen LogP contribution < -0.4 is 15.2 Å². The van der Waals surface area contributed by atoms with E-state index in [1.807, 2.05) is 13.8 Å². The van der Waals surface area contributed by atoms with Gasteiger partial charge in [-0.25, -0.2) is 12.8 Å². The monoisotopic (exact) mass is 421 g/mol. The molecule has 1 aromatic heterocycles. The zero-order valence-corrected chi connectivity index (χ0v) is 16.7. The highest BCUT2D eigenvalue weighted by Gasteiger charge is 2.38. The van der Waals surface area contributed by atoms with Crippen LogP contribution in [-0.2, 0) is 27.8 Å². The number of aryl methyl sites for hydroxylation is 2. The molecule has 8 nitrogen and oxygen atoms in total. The fourth-order valence-corrected chi connectivity index (χ4v) is 4.91. The summed E-state index contributed by atoms with van der Waals surface area (Å²) in [5, 5.41) is 14.3. The molecular weight excluding hydrogens is 401 g/mol. The van der Waals surface area contributed by atoms with Gasteiger partial charge in [-0.1, -0.05) is 13.8 Å². The fraction of sp³-hybridized carbons (Fsp3) is 0.368. The molecule has 3 heterocycles. The summed E-state index contributed by atoms with van der Waals surface area (Å²) in [6.45, 7) is 4.81.